The zero-order valence-corrected chi connectivity index (χ0v) is 10.00. The van der Waals surface area contributed by atoms with E-state index >= 15 is 0 Å². The first-order chi connectivity index (χ1) is 7.86. The van der Waals surface area contributed by atoms with Crippen LogP contribution in [0.15, 0.2) is 0 Å². The van der Waals surface area contributed by atoms with Crippen LogP contribution in [0.1, 0.15) is 50.7 Å². The summed E-state index contributed by atoms with van der Waals surface area (Å²) in [5, 5.41) is 12.5. The Labute approximate surface area is 96.4 Å². The molecule has 0 bridgehead atoms. The summed E-state index contributed by atoms with van der Waals surface area (Å²) in [6.07, 6.45) is 7.22. The highest BCUT2D eigenvalue weighted by Gasteiger charge is 2.40. The molecule has 1 aromatic heterocycles. The Hall–Kier alpha value is -0.900. The first-order valence-electron chi connectivity index (χ1n) is 6.53. The van der Waals surface area contributed by atoms with Crippen molar-refractivity contribution < 1.29 is 0 Å². The molecular weight excluding hydrogens is 200 g/mol. The lowest BCUT2D eigenvalue weighted by Crippen LogP contribution is -2.39. The highest BCUT2D eigenvalue weighted by atomic mass is 15.3. The number of hydrogen-bond donors (Lipinski definition) is 1. The molecule has 1 fully saturated rings. The van der Waals surface area contributed by atoms with Gasteiger partial charge in [-0.3, -0.25) is 0 Å². The maximum atomic E-state index is 4.46. The summed E-state index contributed by atoms with van der Waals surface area (Å²) in [6, 6.07) is 0. The van der Waals surface area contributed by atoms with Crippen molar-refractivity contribution in [1.82, 2.24) is 20.1 Å². The average molecular weight is 220 g/mol. The molecule has 1 N–H and O–H groups in total. The van der Waals surface area contributed by atoms with Crippen LogP contribution < -0.4 is 5.32 Å². The minimum absolute atomic E-state index is 0.129. The van der Waals surface area contributed by atoms with Crippen LogP contribution in [-0.4, -0.2) is 21.3 Å². The molecule has 88 valence electrons. The molecule has 0 aromatic carbocycles. The Morgan fingerprint density at radius 1 is 1.38 bits per heavy atom. The van der Waals surface area contributed by atoms with Crippen molar-refractivity contribution in [2.24, 2.45) is 0 Å². The van der Waals surface area contributed by atoms with Crippen LogP contribution in [-0.2, 0) is 18.5 Å². The average Bonchev–Trinajstić information content (AvgIpc) is 2.90. The second kappa shape index (κ2) is 3.84. The Kier molecular flexibility index (Phi) is 2.46. The van der Waals surface area contributed by atoms with Gasteiger partial charge in [-0.1, -0.05) is 13.3 Å². The highest BCUT2D eigenvalue weighted by Crippen LogP contribution is 2.35. The van der Waals surface area contributed by atoms with E-state index in [9.17, 15) is 0 Å². The lowest BCUT2D eigenvalue weighted by Gasteiger charge is -2.28. The fourth-order valence-electron chi connectivity index (χ4n) is 3.25. The van der Waals surface area contributed by atoms with Crippen molar-refractivity contribution >= 4 is 0 Å². The number of aryl methyl sites for hydroxylation is 1. The van der Waals surface area contributed by atoms with Crippen molar-refractivity contribution in [1.29, 1.82) is 0 Å². The van der Waals surface area contributed by atoms with Gasteiger partial charge in [-0.15, -0.1) is 10.2 Å². The number of hydrogen-bond acceptors (Lipinski definition) is 3. The zero-order chi connectivity index (χ0) is 11.0. The number of nitrogens with zero attached hydrogens (tertiary/aromatic N) is 3. The molecule has 0 aliphatic carbocycles. The zero-order valence-electron chi connectivity index (χ0n) is 10.00. The maximum Gasteiger partial charge on any atom is 0.153 e. The summed E-state index contributed by atoms with van der Waals surface area (Å²) in [4.78, 5) is 0. The molecule has 4 heteroatoms. The molecule has 2 aliphatic heterocycles. The fraction of sp³-hybridized carbons (Fsp3) is 0.833. The Morgan fingerprint density at radius 3 is 3.06 bits per heavy atom. The second-order valence-corrected chi connectivity index (χ2v) is 5.06. The van der Waals surface area contributed by atoms with Crippen LogP contribution >= 0.6 is 0 Å². The Bertz CT molecular complexity index is 376. The summed E-state index contributed by atoms with van der Waals surface area (Å²) >= 11 is 0. The summed E-state index contributed by atoms with van der Waals surface area (Å²) in [5.41, 5.74) is 0.129. The summed E-state index contributed by atoms with van der Waals surface area (Å²) < 4.78 is 2.36. The number of fused-ring (bicyclic) bond motifs is 1. The largest absolute Gasteiger partial charge is 0.313 e. The number of aromatic nitrogens is 3. The molecule has 3 rings (SSSR count). The van der Waals surface area contributed by atoms with E-state index in [2.05, 4.69) is 27.0 Å². The molecule has 16 heavy (non-hydrogen) atoms. The van der Waals surface area contributed by atoms with E-state index in [1.807, 2.05) is 0 Å². The maximum absolute atomic E-state index is 4.46. The van der Waals surface area contributed by atoms with E-state index in [4.69, 9.17) is 0 Å². The molecule has 0 radical (unpaired) electrons. The summed E-state index contributed by atoms with van der Waals surface area (Å²) in [6.45, 7) is 4.50. The van der Waals surface area contributed by atoms with Gasteiger partial charge in [-0.25, -0.2) is 0 Å². The fourth-order valence-corrected chi connectivity index (χ4v) is 3.25. The van der Waals surface area contributed by atoms with E-state index in [-0.39, 0.29) is 5.54 Å². The smallest absolute Gasteiger partial charge is 0.153 e. The van der Waals surface area contributed by atoms with Crippen molar-refractivity contribution in [2.75, 3.05) is 6.54 Å². The Morgan fingerprint density at radius 2 is 2.31 bits per heavy atom. The molecule has 1 saturated heterocycles. The third-order valence-electron chi connectivity index (χ3n) is 3.96. The molecule has 0 spiro atoms. The van der Waals surface area contributed by atoms with Crippen LogP contribution in [0.2, 0.25) is 0 Å². The van der Waals surface area contributed by atoms with Gasteiger partial charge in [0, 0.05) is 13.0 Å². The van der Waals surface area contributed by atoms with Gasteiger partial charge in [0.1, 0.15) is 5.82 Å². The molecule has 0 saturated carbocycles. The van der Waals surface area contributed by atoms with Gasteiger partial charge in [0.05, 0.1) is 5.54 Å². The minimum Gasteiger partial charge on any atom is -0.313 e. The molecule has 3 heterocycles. The molecule has 1 atom stereocenters. The summed E-state index contributed by atoms with van der Waals surface area (Å²) in [7, 11) is 0. The predicted molar refractivity (Wildman–Crippen MR) is 62.2 cm³/mol. The predicted octanol–water partition coefficient (Wildman–Crippen LogP) is 1.60. The summed E-state index contributed by atoms with van der Waals surface area (Å²) in [5.74, 6) is 2.40. The van der Waals surface area contributed by atoms with Gasteiger partial charge in [-0.2, -0.15) is 0 Å². The first kappa shape index (κ1) is 10.3. The Balaban J connectivity index is 1.99. The van der Waals surface area contributed by atoms with Gasteiger partial charge in [0.2, 0.25) is 0 Å². The van der Waals surface area contributed by atoms with Crippen molar-refractivity contribution in [2.45, 2.75) is 57.5 Å². The van der Waals surface area contributed by atoms with E-state index in [1.165, 1.54) is 43.8 Å². The third-order valence-corrected chi connectivity index (χ3v) is 3.96. The number of nitrogens with one attached hydrogen (secondary N) is 1. The molecule has 1 aromatic rings. The number of rotatable bonds is 3. The molecule has 1 unspecified atom stereocenters. The van der Waals surface area contributed by atoms with Gasteiger partial charge in [-0.05, 0) is 32.2 Å². The van der Waals surface area contributed by atoms with Crippen molar-refractivity contribution in [3.63, 3.8) is 0 Å². The van der Waals surface area contributed by atoms with Crippen LogP contribution in [0.5, 0.6) is 0 Å². The van der Waals surface area contributed by atoms with E-state index in [1.54, 1.807) is 0 Å². The molecule has 2 aliphatic rings. The van der Waals surface area contributed by atoms with Gasteiger partial charge >= 0.3 is 0 Å². The lowest BCUT2D eigenvalue weighted by molar-refractivity contribution is 0.321. The normalized spacial score (nSPS) is 28.6. The van der Waals surface area contributed by atoms with Gasteiger partial charge < -0.3 is 9.88 Å². The quantitative estimate of drug-likeness (QED) is 0.841. The highest BCUT2D eigenvalue weighted by molar-refractivity contribution is 5.13. The van der Waals surface area contributed by atoms with E-state index in [0.29, 0.717) is 0 Å². The van der Waals surface area contributed by atoms with Gasteiger partial charge in [0.25, 0.3) is 0 Å². The minimum atomic E-state index is 0.129. The SMILES string of the molecule is CCCC1(c2nnc3n2CCC3)CCCN1. The van der Waals surface area contributed by atoms with Crippen LogP contribution in [0.25, 0.3) is 0 Å². The van der Waals surface area contributed by atoms with Crippen molar-refractivity contribution in [3.8, 4) is 0 Å². The van der Waals surface area contributed by atoms with Crippen LogP contribution in [0.4, 0.5) is 0 Å². The monoisotopic (exact) mass is 220 g/mol. The third kappa shape index (κ3) is 1.39. The van der Waals surface area contributed by atoms with E-state index < -0.39 is 0 Å². The second-order valence-electron chi connectivity index (χ2n) is 5.06. The molecule has 0 amide bonds. The van der Waals surface area contributed by atoms with Crippen LogP contribution in [0, 0.1) is 0 Å². The molecular formula is C12H20N4. The lowest BCUT2D eigenvalue weighted by atomic mass is 9.91. The van der Waals surface area contributed by atoms with Gasteiger partial charge in [0.15, 0.2) is 5.82 Å². The first-order valence-corrected chi connectivity index (χ1v) is 6.53. The topological polar surface area (TPSA) is 42.7 Å². The van der Waals surface area contributed by atoms with Crippen molar-refractivity contribution in [3.05, 3.63) is 11.6 Å². The van der Waals surface area contributed by atoms with Crippen LogP contribution in [0.3, 0.4) is 0 Å². The molecule has 4 nitrogen and oxygen atoms in total. The van der Waals surface area contributed by atoms with E-state index in [0.717, 1.165) is 19.5 Å². The standard InChI is InChI=1S/C12H20N4/c1-2-6-12(7-4-8-13-12)11-15-14-10-5-3-9-16(10)11/h13H,2-9H2,1H3.